The van der Waals surface area contributed by atoms with Crippen LogP contribution in [0, 0.1) is 12.8 Å². The first-order valence-corrected chi connectivity index (χ1v) is 5.65. The third-order valence-corrected chi connectivity index (χ3v) is 3.50. The molecule has 1 aliphatic rings. The van der Waals surface area contributed by atoms with Gasteiger partial charge in [-0.25, -0.2) is 0 Å². The van der Waals surface area contributed by atoms with Gasteiger partial charge in [0.05, 0.1) is 0 Å². The number of nitrogens with zero attached hydrogens (tertiary/aromatic N) is 1. The van der Waals surface area contributed by atoms with Crippen LogP contribution in [0.15, 0.2) is 18.2 Å². The van der Waals surface area contributed by atoms with Crippen LogP contribution in [0.25, 0.3) is 0 Å². The highest BCUT2D eigenvalue weighted by Gasteiger charge is 2.26. The number of likely N-dealkylation sites (tertiary alicyclic amines) is 1. The first-order valence-electron chi connectivity index (χ1n) is 5.28. The molecule has 0 bridgehead atoms. The molecule has 1 fully saturated rings. The lowest BCUT2D eigenvalue weighted by molar-refractivity contribution is 0.0479. The average Bonchev–Trinajstić information content (AvgIpc) is 2.17. The quantitative estimate of drug-likeness (QED) is 0.852. The molecule has 0 spiro atoms. The van der Waals surface area contributed by atoms with Gasteiger partial charge in [0.15, 0.2) is 0 Å². The summed E-state index contributed by atoms with van der Waals surface area (Å²) >= 11 is 6.21. The fourth-order valence-electron chi connectivity index (χ4n) is 1.99. The molecule has 0 radical (unpaired) electrons. The molecule has 1 aliphatic heterocycles. The second kappa shape index (κ2) is 4.52. The van der Waals surface area contributed by atoms with Crippen LogP contribution in [-0.2, 0) is 6.54 Å². The Kier molecular flexibility index (Phi) is 3.29. The van der Waals surface area contributed by atoms with Crippen LogP contribution < -0.4 is 0 Å². The van der Waals surface area contributed by atoms with Crippen LogP contribution >= 0.6 is 11.6 Å². The normalized spacial score (nSPS) is 17.8. The average molecular weight is 226 g/mol. The van der Waals surface area contributed by atoms with E-state index in [1.54, 1.807) is 0 Å². The molecular weight excluding hydrogens is 210 g/mol. The molecule has 0 atom stereocenters. The van der Waals surface area contributed by atoms with Crippen LogP contribution in [0.2, 0.25) is 5.02 Å². The summed E-state index contributed by atoms with van der Waals surface area (Å²) in [6, 6.07) is 6.14. The van der Waals surface area contributed by atoms with E-state index in [2.05, 4.69) is 11.0 Å². The zero-order valence-electron chi connectivity index (χ0n) is 8.91. The topological polar surface area (TPSA) is 23.5 Å². The molecule has 1 aromatic carbocycles. The van der Waals surface area contributed by atoms with Crippen LogP contribution in [0.3, 0.4) is 0 Å². The fourth-order valence-corrected chi connectivity index (χ4v) is 2.18. The molecule has 0 saturated carbocycles. The molecule has 1 N–H and O–H groups in total. The standard InChI is InChI=1S/C12H16ClNO/c1-9-3-2-4-11(12(9)13)7-14-5-10(6-14)8-15/h2-4,10,15H,5-8H2,1H3. The Bertz CT molecular complexity index is 347. The first-order chi connectivity index (χ1) is 7.20. The number of aryl methyl sites for hydroxylation is 1. The van der Waals surface area contributed by atoms with Gasteiger partial charge >= 0.3 is 0 Å². The smallest absolute Gasteiger partial charge is 0.0483 e. The van der Waals surface area contributed by atoms with Gasteiger partial charge in [-0.05, 0) is 18.1 Å². The van der Waals surface area contributed by atoms with E-state index < -0.39 is 0 Å². The highest BCUT2D eigenvalue weighted by molar-refractivity contribution is 6.32. The predicted molar refractivity (Wildman–Crippen MR) is 62.0 cm³/mol. The SMILES string of the molecule is Cc1cccc(CN2CC(CO)C2)c1Cl. The van der Waals surface area contributed by atoms with Gasteiger partial charge in [-0.3, -0.25) is 4.90 Å². The molecule has 1 aromatic rings. The minimum atomic E-state index is 0.304. The van der Waals surface area contributed by atoms with Crippen molar-refractivity contribution in [1.82, 2.24) is 4.90 Å². The van der Waals surface area contributed by atoms with Gasteiger partial charge in [-0.15, -0.1) is 0 Å². The molecule has 0 aromatic heterocycles. The summed E-state index contributed by atoms with van der Waals surface area (Å²) in [6.07, 6.45) is 0. The minimum absolute atomic E-state index is 0.304. The summed E-state index contributed by atoms with van der Waals surface area (Å²) in [5.74, 6) is 0.466. The van der Waals surface area contributed by atoms with Crippen LogP contribution in [-0.4, -0.2) is 29.7 Å². The van der Waals surface area contributed by atoms with Crippen LogP contribution in [0.4, 0.5) is 0 Å². The van der Waals surface area contributed by atoms with Crippen LogP contribution in [0.5, 0.6) is 0 Å². The van der Waals surface area contributed by atoms with Gasteiger partial charge in [0.25, 0.3) is 0 Å². The largest absolute Gasteiger partial charge is 0.396 e. The Morgan fingerprint density at radius 2 is 2.20 bits per heavy atom. The van der Waals surface area contributed by atoms with E-state index in [9.17, 15) is 0 Å². The Hall–Kier alpha value is -0.570. The lowest BCUT2D eigenvalue weighted by Gasteiger charge is -2.38. The zero-order valence-corrected chi connectivity index (χ0v) is 9.67. The van der Waals surface area contributed by atoms with Crippen molar-refractivity contribution >= 4 is 11.6 Å². The number of rotatable bonds is 3. The maximum atomic E-state index is 8.92. The number of aliphatic hydroxyl groups is 1. The van der Waals surface area contributed by atoms with Crippen LogP contribution in [0.1, 0.15) is 11.1 Å². The van der Waals surface area contributed by atoms with Gasteiger partial charge in [-0.2, -0.15) is 0 Å². The monoisotopic (exact) mass is 225 g/mol. The van der Waals surface area contributed by atoms with E-state index >= 15 is 0 Å². The van der Waals surface area contributed by atoms with Gasteiger partial charge < -0.3 is 5.11 Å². The van der Waals surface area contributed by atoms with Gasteiger partial charge in [0.2, 0.25) is 0 Å². The Balaban J connectivity index is 1.97. The molecule has 3 heteroatoms. The number of aliphatic hydroxyl groups excluding tert-OH is 1. The number of halogens is 1. The van der Waals surface area contributed by atoms with Crippen molar-refractivity contribution in [2.45, 2.75) is 13.5 Å². The van der Waals surface area contributed by atoms with Gasteiger partial charge in [0, 0.05) is 37.2 Å². The van der Waals surface area contributed by atoms with Crippen molar-refractivity contribution in [3.63, 3.8) is 0 Å². The fraction of sp³-hybridized carbons (Fsp3) is 0.500. The molecule has 2 rings (SSSR count). The lowest BCUT2D eigenvalue weighted by atomic mass is 10.00. The van der Waals surface area contributed by atoms with Crippen molar-refractivity contribution in [2.75, 3.05) is 19.7 Å². The third-order valence-electron chi connectivity index (χ3n) is 2.96. The first kappa shape index (κ1) is 10.9. The zero-order chi connectivity index (χ0) is 10.8. The second-order valence-electron chi connectivity index (χ2n) is 4.29. The molecule has 0 aliphatic carbocycles. The molecule has 2 nitrogen and oxygen atoms in total. The summed E-state index contributed by atoms with van der Waals surface area (Å²) in [5.41, 5.74) is 2.32. The Labute approximate surface area is 95.5 Å². The summed E-state index contributed by atoms with van der Waals surface area (Å²) in [7, 11) is 0. The highest BCUT2D eigenvalue weighted by Crippen LogP contribution is 2.24. The summed E-state index contributed by atoms with van der Waals surface area (Å²) in [4.78, 5) is 2.31. The van der Waals surface area contributed by atoms with Crippen molar-refractivity contribution < 1.29 is 5.11 Å². The Morgan fingerprint density at radius 1 is 1.47 bits per heavy atom. The molecule has 0 amide bonds. The summed E-state index contributed by atoms with van der Waals surface area (Å²) in [5, 5.41) is 9.80. The van der Waals surface area contributed by atoms with E-state index in [1.807, 2.05) is 19.1 Å². The Morgan fingerprint density at radius 3 is 2.87 bits per heavy atom. The third kappa shape index (κ3) is 2.33. The number of hydrogen-bond acceptors (Lipinski definition) is 2. The number of hydrogen-bond donors (Lipinski definition) is 1. The summed E-state index contributed by atoms with van der Waals surface area (Å²) < 4.78 is 0. The van der Waals surface area contributed by atoms with E-state index in [4.69, 9.17) is 16.7 Å². The van der Waals surface area contributed by atoms with E-state index in [0.29, 0.717) is 12.5 Å². The molecule has 1 saturated heterocycles. The predicted octanol–water partition coefficient (Wildman–Crippen LogP) is 2.07. The van der Waals surface area contributed by atoms with E-state index in [1.165, 1.54) is 5.56 Å². The minimum Gasteiger partial charge on any atom is -0.396 e. The lowest BCUT2D eigenvalue weighted by Crippen LogP contribution is -2.47. The van der Waals surface area contributed by atoms with Crippen molar-refractivity contribution in [1.29, 1.82) is 0 Å². The van der Waals surface area contributed by atoms with E-state index in [-0.39, 0.29) is 0 Å². The maximum absolute atomic E-state index is 8.92. The van der Waals surface area contributed by atoms with Gasteiger partial charge in [0.1, 0.15) is 0 Å². The van der Waals surface area contributed by atoms with Crippen molar-refractivity contribution in [3.8, 4) is 0 Å². The van der Waals surface area contributed by atoms with E-state index in [0.717, 1.165) is 30.2 Å². The molecule has 0 unspecified atom stereocenters. The van der Waals surface area contributed by atoms with Crippen molar-refractivity contribution in [3.05, 3.63) is 34.3 Å². The number of benzene rings is 1. The van der Waals surface area contributed by atoms with Gasteiger partial charge in [-0.1, -0.05) is 29.8 Å². The molecule has 15 heavy (non-hydrogen) atoms. The molecule has 1 heterocycles. The maximum Gasteiger partial charge on any atom is 0.0483 e. The second-order valence-corrected chi connectivity index (χ2v) is 4.67. The molecule has 82 valence electrons. The van der Waals surface area contributed by atoms with Crippen molar-refractivity contribution in [2.24, 2.45) is 5.92 Å². The summed E-state index contributed by atoms with van der Waals surface area (Å²) in [6.45, 7) is 5.20. The highest BCUT2D eigenvalue weighted by atomic mass is 35.5. The molecular formula is C12H16ClNO.